The average Bonchev–Trinajstić information content (AvgIpc) is 2.75. The van der Waals surface area contributed by atoms with E-state index in [4.69, 9.17) is 8.95 Å². The second-order valence-corrected chi connectivity index (χ2v) is 5.14. The van der Waals surface area contributed by atoms with Crippen molar-refractivity contribution in [2.24, 2.45) is 5.92 Å². The van der Waals surface area contributed by atoms with Crippen molar-refractivity contribution < 1.29 is 28.1 Å². The Kier molecular flexibility index (Phi) is 4.35. The van der Waals surface area contributed by atoms with Crippen LogP contribution in [-0.4, -0.2) is 60.3 Å². The summed E-state index contributed by atoms with van der Waals surface area (Å²) in [6, 6.07) is -1.12. The maximum Gasteiger partial charge on any atom is 0.355 e. The first-order valence-corrected chi connectivity index (χ1v) is 6.51. The van der Waals surface area contributed by atoms with Gasteiger partial charge >= 0.3 is 5.97 Å². The summed E-state index contributed by atoms with van der Waals surface area (Å²) in [5.74, 6) is -3.29. The molecule has 21 heavy (non-hydrogen) atoms. The third kappa shape index (κ3) is 4.82. The van der Waals surface area contributed by atoms with E-state index in [1.807, 2.05) is 0 Å². The summed E-state index contributed by atoms with van der Waals surface area (Å²) < 4.78 is 21.5. The Morgan fingerprint density at radius 2 is 1.95 bits per heavy atom. The molecule has 0 aromatic heterocycles. The third-order valence-corrected chi connectivity index (χ3v) is 2.80. The minimum Gasteiger partial charge on any atom is -0.341 e. The fourth-order valence-electron chi connectivity index (χ4n) is 1.74. The summed E-state index contributed by atoms with van der Waals surface area (Å²) in [6.07, 6.45) is -0.0671. The fourth-order valence-corrected chi connectivity index (χ4v) is 1.74. The fraction of sp³-hybridized carbons (Fsp3) is 0.692. The number of hydroxylamine groups is 2. The Balaban J connectivity index is 2.69. The van der Waals surface area contributed by atoms with Gasteiger partial charge in [0.25, 0.3) is 11.8 Å². The Morgan fingerprint density at radius 3 is 2.43 bits per heavy atom. The number of imide groups is 1. The summed E-state index contributed by atoms with van der Waals surface area (Å²) in [5, 5.41) is 2.77. The molecule has 1 unspecified atom stereocenters. The summed E-state index contributed by atoms with van der Waals surface area (Å²) in [6.45, 7) is 0.370. The lowest BCUT2D eigenvalue weighted by Crippen LogP contribution is -2.50. The van der Waals surface area contributed by atoms with Crippen molar-refractivity contribution in [1.29, 1.82) is 0 Å². The lowest BCUT2D eigenvalue weighted by atomic mass is 10.1. The van der Waals surface area contributed by atoms with Crippen LogP contribution in [-0.2, 0) is 24.0 Å². The SMILES string of the molecule is [2H]C([2H])([2H])[15N](C)C[13C](=O)NC(C(=O)ON1C(=O)CCC1=O)C(C)C. The molecule has 0 saturated carbocycles. The van der Waals surface area contributed by atoms with Crippen LogP contribution >= 0.6 is 0 Å². The van der Waals surface area contributed by atoms with Crippen LogP contribution in [0, 0.1) is 5.92 Å². The van der Waals surface area contributed by atoms with Crippen LogP contribution in [0.1, 0.15) is 30.8 Å². The molecule has 1 aliphatic rings. The largest absolute Gasteiger partial charge is 0.355 e. The molecule has 1 heterocycles. The molecule has 1 rings (SSSR count). The molecule has 1 fully saturated rings. The molecule has 0 aromatic carbocycles. The number of nitrogens with zero attached hydrogens (tertiary/aromatic N) is 2. The molecule has 8 heteroatoms. The number of carbonyl (C=O) groups excluding carboxylic acids is 4. The van der Waals surface area contributed by atoms with Crippen LogP contribution in [0.2, 0.25) is 0 Å². The van der Waals surface area contributed by atoms with Crippen molar-refractivity contribution in [2.45, 2.75) is 32.7 Å². The minimum absolute atomic E-state index is 0.0335. The predicted octanol–water partition coefficient (Wildman–Crippen LogP) is -0.704. The highest BCUT2D eigenvalue weighted by Gasteiger charge is 2.36. The standard InChI is InChI=1S/C13H21N3O5/c1-8(2)12(14-9(17)7-15(3)4)13(20)21-16-10(18)5-6-11(16)19/h8,12H,5-7H2,1-4H3,(H,14,17)/i3D3,9+1,15+1. The Hall–Kier alpha value is -1.96. The molecule has 118 valence electrons. The molecular formula is C13H21N3O5. The average molecular weight is 304 g/mol. The van der Waals surface area contributed by atoms with Crippen molar-refractivity contribution in [3.63, 3.8) is 0 Å². The summed E-state index contributed by atoms with van der Waals surface area (Å²) in [4.78, 5) is 52.6. The van der Waals surface area contributed by atoms with Gasteiger partial charge in [-0.2, -0.15) is 0 Å². The smallest absolute Gasteiger partial charge is 0.341 e. The molecule has 0 spiro atoms. The van der Waals surface area contributed by atoms with E-state index < -0.39 is 49.2 Å². The van der Waals surface area contributed by atoms with E-state index in [1.165, 1.54) is 7.05 Å². The quantitative estimate of drug-likeness (QED) is 0.396. The summed E-state index contributed by atoms with van der Waals surface area (Å²) in [7, 11) is 1.25. The van der Waals surface area contributed by atoms with E-state index in [9.17, 15) is 19.2 Å². The van der Waals surface area contributed by atoms with Gasteiger partial charge in [0, 0.05) is 17.0 Å². The van der Waals surface area contributed by atoms with Gasteiger partial charge in [-0.05, 0) is 19.9 Å². The lowest BCUT2D eigenvalue weighted by Gasteiger charge is -2.23. The first kappa shape index (κ1) is 12.8. The van der Waals surface area contributed by atoms with Crippen LogP contribution in [0.5, 0.6) is 0 Å². The predicted molar refractivity (Wildman–Crippen MR) is 72.5 cm³/mol. The van der Waals surface area contributed by atoms with Crippen molar-refractivity contribution in [3.05, 3.63) is 0 Å². The Bertz CT molecular complexity index is 519. The van der Waals surface area contributed by atoms with Crippen LogP contribution in [0.15, 0.2) is 0 Å². The Labute approximate surface area is 127 Å². The molecule has 1 saturated heterocycles. The van der Waals surface area contributed by atoms with E-state index in [0.29, 0.717) is 5.06 Å². The highest BCUT2D eigenvalue weighted by molar-refractivity contribution is 6.02. The highest BCUT2D eigenvalue weighted by Crippen LogP contribution is 2.14. The van der Waals surface area contributed by atoms with Gasteiger partial charge in [-0.25, -0.2) is 4.79 Å². The molecule has 1 N–H and O–H groups in total. The van der Waals surface area contributed by atoms with Gasteiger partial charge < -0.3 is 15.1 Å². The van der Waals surface area contributed by atoms with E-state index in [0.717, 1.165) is 4.90 Å². The Morgan fingerprint density at radius 1 is 1.38 bits per heavy atom. The number of likely N-dealkylation sites (N-methyl/N-ethyl adjacent to an activating group) is 1. The molecule has 0 aliphatic carbocycles. The number of amides is 3. The molecule has 0 aromatic rings. The lowest BCUT2D eigenvalue weighted by molar-refractivity contribution is -0.199. The number of carbonyl (C=O) groups is 4. The van der Waals surface area contributed by atoms with Gasteiger partial charge in [-0.15, -0.1) is 5.06 Å². The summed E-state index contributed by atoms with van der Waals surface area (Å²) in [5.41, 5.74) is 0. The molecule has 1 atom stereocenters. The molecule has 0 bridgehead atoms. The minimum atomic E-state index is -2.44. The number of hydrogen-bond donors (Lipinski definition) is 1. The maximum absolute atomic E-state index is 12.1. The second-order valence-electron chi connectivity index (χ2n) is 5.14. The van der Waals surface area contributed by atoms with Crippen LogP contribution in [0.25, 0.3) is 0 Å². The first-order valence-electron chi connectivity index (χ1n) is 8.01. The molecule has 3 amide bonds. The maximum atomic E-state index is 12.1. The van der Waals surface area contributed by atoms with Crippen molar-refractivity contribution >= 4 is 23.7 Å². The highest BCUT2D eigenvalue weighted by atomic mass is 16.7. The van der Waals surface area contributed by atoms with Crippen LogP contribution < -0.4 is 5.32 Å². The van der Waals surface area contributed by atoms with Gasteiger partial charge in [0.2, 0.25) is 5.91 Å². The zero-order chi connectivity index (χ0) is 18.7. The van der Waals surface area contributed by atoms with E-state index in [2.05, 4.69) is 5.32 Å². The van der Waals surface area contributed by atoms with Crippen LogP contribution in [0.4, 0.5) is 0 Å². The van der Waals surface area contributed by atoms with Gasteiger partial charge in [-0.3, -0.25) is 14.4 Å². The zero-order valence-electron chi connectivity index (χ0n) is 15.2. The topological polar surface area (TPSA) is 96.0 Å². The van der Waals surface area contributed by atoms with Crippen molar-refractivity contribution in [2.75, 3.05) is 20.6 Å². The van der Waals surface area contributed by atoms with Gasteiger partial charge in [0.15, 0.2) is 0 Å². The summed E-state index contributed by atoms with van der Waals surface area (Å²) >= 11 is 0. The van der Waals surface area contributed by atoms with Crippen molar-refractivity contribution in [1.82, 2.24) is 15.3 Å². The van der Waals surface area contributed by atoms with Crippen LogP contribution in [0.3, 0.4) is 0 Å². The zero-order valence-corrected chi connectivity index (χ0v) is 12.2. The monoisotopic (exact) mass is 304 g/mol. The molecule has 0 radical (unpaired) electrons. The van der Waals surface area contributed by atoms with Gasteiger partial charge in [0.1, 0.15) is 6.04 Å². The van der Waals surface area contributed by atoms with Crippen molar-refractivity contribution in [3.8, 4) is 0 Å². The second kappa shape index (κ2) is 7.16. The van der Waals surface area contributed by atoms with Gasteiger partial charge in [0.05, 0.1) is 6.54 Å². The molecular weight excluding hydrogens is 280 g/mol. The number of rotatable bonds is 6. The molecule has 1 aliphatic heterocycles. The van der Waals surface area contributed by atoms with E-state index in [-0.39, 0.29) is 12.8 Å². The number of hydrogen-bond acceptors (Lipinski definition) is 6. The first-order chi connectivity index (χ1) is 10.9. The van der Waals surface area contributed by atoms with Gasteiger partial charge in [-0.1, -0.05) is 13.8 Å². The normalized spacial score (nSPS) is 19.3. The van der Waals surface area contributed by atoms with E-state index in [1.54, 1.807) is 13.8 Å². The number of nitrogens with one attached hydrogen (secondary N) is 1. The third-order valence-electron chi connectivity index (χ3n) is 2.80. The molecule has 8 nitrogen and oxygen atoms in total. The van der Waals surface area contributed by atoms with E-state index >= 15 is 0 Å².